The van der Waals surface area contributed by atoms with Gasteiger partial charge in [0.15, 0.2) is 0 Å². The van der Waals surface area contributed by atoms with E-state index in [9.17, 15) is 19.5 Å². The first-order chi connectivity index (χ1) is 15.9. The molecule has 1 saturated heterocycles. The second kappa shape index (κ2) is 9.75. The predicted molar refractivity (Wildman–Crippen MR) is 128 cm³/mol. The number of rotatable bonds is 7. The predicted octanol–water partition coefficient (Wildman–Crippen LogP) is 5.31. The molecule has 2 N–H and O–H groups in total. The lowest BCUT2D eigenvalue weighted by Crippen LogP contribution is -2.25. The van der Waals surface area contributed by atoms with Crippen molar-refractivity contribution in [1.82, 2.24) is 5.32 Å². The molecule has 0 saturated carbocycles. The number of nitrogens with one attached hydrogen (secondary N) is 1. The third-order valence-corrected chi connectivity index (χ3v) is 6.11. The van der Waals surface area contributed by atoms with Gasteiger partial charge in [-0.2, -0.15) is 0 Å². The maximum atomic E-state index is 11.8. The van der Waals surface area contributed by atoms with Gasteiger partial charge in [0.25, 0.3) is 5.24 Å². The Balaban J connectivity index is 1.43. The largest absolute Gasteiger partial charge is 0.478 e. The molecule has 0 aliphatic carbocycles. The van der Waals surface area contributed by atoms with Gasteiger partial charge in [-0.25, -0.2) is 4.79 Å². The van der Waals surface area contributed by atoms with Gasteiger partial charge in [0.05, 0.1) is 10.8 Å². The van der Waals surface area contributed by atoms with Gasteiger partial charge in [-0.05, 0) is 60.4 Å². The molecule has 3 aromatic carbocycles. The Morgan fingerprint density at radius 2 is 1.58 bits per heavy atom. The van der Waals surface area contributed by atoms with E-state index in [0.29, 0.717) is 23.5 Å². The fourth-order valence-electron chi connectivity index (χ4n) is 3.37. The van der Waals surface area contributed by atoms with Crippen molar-refractivity contribution in [3.63, 3.8) is 0 Å². The second-order valence-corrected chi connectivity index (χ2v) is 8.81. The lowest BCUT2D eigenvalue weighted by atomic mass is 10.0. The zero-order valence-electron chi connectivity index (χ0n) is 17.8. The minimum atomic E-state index is -1.00. The summed E-state index contributed by atoms with van der Waals surface area (Å²) in [7, 11) is 0. The van der Waals surface area contributed by atoms with Crippen molar-refractivity contribution in [3.05, 3.63) is 95.1 Å². The van der Waals surface area contributed by atoms with Crippen molar-refractivity contribution in [2.24, 2.45) is 0 Å². The number of aliphatic carboxylic acids is 1. The lowest BCUT2D eigenvalue weighted by Gasteiger charge is -2.09. The van der Waals surface area contributed by atoms with Gasteiger partial charge in [0, 0.05) is 0 Å². The topological polar surface area (TPSA) is 92.7 Å². The first-order valence-corrected chi connectivity index (χ1v) is 11.2. The van der Waals surface area contributed by atoms with Crippen LogP contribution in [0.3, 0.4) is 0 Å². The van der Waals surface area contributed by atoms with Gasteiger partial charge in [0.1, 0.15) is 11.5 Å². The SMILES string of the molecule is Cc1ccc(/C=C(/C(=O)O)c2ccc(Oc3ccc(CC4SC(=O)NC4=O)cc3)cc2)cc1. The fraction of sp³-hybridized carbons (Fsp3) is 0.115. The first kappa shape index (κ1) is 22.4. The molecular weight excluding hydrogens is 438 g/mol. The van der Waals surface area contributed by atoms with Crippen LogP contribution in [-0.4, -0.2) is 27.5 Å². The number of carboxylic acid groups (broad SMARTS) is 1. The minimum Gasteiger partial charge on any atom is -0.478 e. The Labute approximate surface area is 195 Å². The van der Waals surface area contributed by atoms with Crippen LogP contribution >= 0.6 is 11.8 Å². The van der Waals surface area contributed by atoms with Crippen LogP contribution in [0.25, 0.3) is 11.6 Å². The fourth-order valence-corrected chi connectivity index (χ4v) is 4.23. The number of ether oxygens (including phenoxy) is 1. The summed E-state index contributed by atoms with van der Waals surface area (Å²) in [5, 5.41) is 11.2. The molecule has 2 amide bonds. The normalized spacial score (nSPS) is 15.9. The Hall–Kier alpha value is -3.84. The number of thioether (sulfide) groups is 1. The zero-order chi connectivity index (χ0) is 23.4. The molecule has 3 aromatic rings. The van der Waals surface area contributed by atoms with Gasteiger partial charge < -0.3 is 9.84 Å². The summed E-state index contributed by atoms with van der Waals surface area (Å²) >= 11 is 1.00. The van der Waals surface area contributed by atoms with Gasteiger partial charge in [0.2, 0.25) is 5.91 Å². The number of carbonyl (C=O) groups excluding carboxylic acids is 2. The van der Waals surface area contributed by atoms with E-state index in [1.807, 2.05) is 43.3 Å². The summed E-state index contributed by atoms with van der Waals surface area (Å²) < 4.78 is 5.86. The molecule has 1 aliphatic rings. The van der Waals surface area contributed by atoms with Crippen LogP contribution in [0.2, 0.25) is 0 Å². The van der Waals surface area contributed by atoms with Crippen molar-refractivity contribution < 1.29 is 24.2 Å². The molecule has 33 heavy (non-hydrogen) atoms. The molecule has 1 unspecified atom stereocenters. The van der Waals surface area contributed by atoms with E-state index in [1.54, 1.807) is 42.5 Å². The molecule has 4 rings (SSSR count). The average Bonchev–Trinajstić information content (AvgIpc) is 3.11. The number of amides is 2. The molecule has 7 heteroatoms. The number of hydrogen-bond donors (Lipinski definition) is 2. The summed E-state index contributed by atoms with van der Waals surface area (Å²) in [4.78, 5) is 34.8. The standard InChI is InChI=1S/C26H21NO5S/c1-16-2-4-17(5-3-16)14-22(25(29)30)19-8-12-21(13-9-19)32-20-10-6-18(7-11-20)15-23-24(28)27-26(31)33-23/h2-14,23H,15H2,1H3,(H,29,30)(H,27,28,31)/b22-14+. The van der Waals surface area contributed by atoms with Crippen LogP contribution in [0.4, 0.5) is 4.79 Å². The van der Waals surface area contributed by atoms with E-state index in [-0.39, 0.29) is 16.7 Å². The molecule has 0 radical (unpaired) electrons. The average molecular weight is 460 g/mol. The van der Waals surface area contributed by atoms with Crippen molar-refractivity contribution in [3.8, 4) is 11.5 Å². The molecule has 0 spiro atoms. The summed E-state index contributed by atoms with van der Waals surface area (Å²) in [6, 6.07) is 21.8. The van der Waals surface area contributed by atoms with E-state index in [1.165, 1.54) is 0 Å². The van der Waals surface area contributed by atoms with Crippen LogP contribution in [0.15, 0.2) is 72.8 Å². The number of carboxylic acids is 1. The van der Waals surface area contributed by atoms with E-state index in [2.05, 4.69) is 5.32 Å². The molecule has 6 nitrogen and oxygen atoms in total. The van der Waals surface area contributed by atoms with Gasteiger partial charge >= 0.3 is 5.97 Å². The molecule has 166 valence electrons. The molecule has 1 heterocycles. The highest BCUT2D eigenvalue weighted by molar-refractivity contribution is 8.15. The summed E-state index contributed by atoms with van der Waals surface area (Å²) in [6.07, 6.45) is 2.11. The Morgan fingerprint density at radius 1 is 0.970 bits per heavy atom. The number of carbonyl (C=O) groups is 3. The highest BCUT2D eigenvalue weighted by Crippen LogP contribution is 2.27. The van der Waals surface area contributed by atoms with Crippen molar-refractivity contribution >= 4 is 40.5 Å². The summed E-state index contributed by atoms with van der Waals surface area (Å²) in [5.74, 6) is -0.0825. The number of aryl methyl sites for hydroxylation is 1. The minimum absolute atomic E-state index is 0.196. The third-order valence-electron chi connectivity index (χ3n) is 5.13. The number of imide groups is 1. The van der Waals surface area contributed by atoms with Crippen molar-refractivity contribution in [1.29, 1.82) is 0 Å². The van der Waals surface area contributed by atoms with E-state index < -0.39 is 11.2 Å². The quantitative estimate of drug-likeness (QED) is 0.368. The lowest BCUT2D eigenvalue weighted by molar-refractivity contribution is -0.130. The van der Waals surface area contributed by atoms with Gasteiger partial charge in [-0.1, -0.05) is 65.9 Å². The maximum absolute atomic E-state index is 11.8. The van der Waals surface area contributed by atoms with Crippen LogP contribution in [0.1, 0.15) is 22.3 Å². The summed E-state index contributed by atoms with van der Waals surface area (Å²) in [6.45, 7) is 1.98. The monoisotopic (exact) mass is 459 g/mol. The highest BCUT2D eigenvalue weighted by Gasteiger charge is 2.31. The Morgan fingerprint density at radius 3 is 2.12 bits per heavy atom. The molecule has 0 bridgehead atoms. The van der Waals surface area contributed by atoms with Crippen molar-refractivity contribution in [2.75, 3.05) is 0 Å². The van der Waals surface area contributed by atoms with Crippen LogP contribution < -0.4 is 10.1 Å². The number of benzene rings is 3. The van der Waals surface area contributed by atoms with Crippen LogP contribution in [0.5, 0.6) is 11.5 Å². The zero-order valence-corrected chi connectivity index (χ0v) is 18.6. The van der Waals surface area contributed by atoms with Gasteiger partial charge in [-0.15, -0.1) is 0 Å². The molecule has 1 atom stereocenters. The van der Waals surface area contributed by atoms with E-state index >= 15 is 0 Å². The molecule has 1 fully saturated rings. The molecular formula is C26H21NO5S. The summed E-state index contributed by atoms with van der Waals surface area (Å²) in [5.41, 5.74) is 3.62. The third kappa shape index (κ3) is 5.70. The van der Waals surface area contributed by atoms with Gasteiger partial charge in [-0.3, -0.25) is 14.9 Å². The molecule has 0 aromatic heterocycles. The second-order valence-electron chi connectivity index (χ2n) is 7.63. The first-order valence-electron chi connectivity index (χ1n) is 10.3. The Kier molecular flexibility index (Phi) is 6.60. The van der Waals surface area contributed by atoms with E-state index in [0.717, 1.165) is 28.5 Å². The smallest absolute Gasteiger partial charge is 0.336 e. The van der Waals surface area contributed by atoms with Crippen LogP contribution in [-0.2, 0) is 16.0 Å². The van der Waals surface area contributed by atoms with E-state index in [4.69, 9.17) is 4.74 Å². The van der Waals surface area contributed by atoms with Crippen LogP contribution in [0, 0.1) is 6.92 Å². The van der Waals surface area contributed by atoms with Crippen molar-refractivity contribution in [2.45, 2.75) is 18.6 Å². The number of hydrogen-bond acceptors (Lipinski definition) is 5. The Bertz CT molecular complexity index is 1220. The maximum Gasteiger partial charge on any atom is 0.336 e. The highest BCUT2D eigenvalue weighted by atomic mass is 32.2. The molecule has 1 aliphatic heterocycles.